The maximum Gasteiger partial charge on any atom is 0.267 e. The number of fused-ring (bicyclic) bond motifs is 1. The van der Waals surface area contributed by atoms with Crippen molar-refractivity contribution in [3.05, 3.63) is 23.8 Å². The first-order valence-electron chi connectivity index (χ1n) is 6.54. The normalized spacial score (nSPS) is 19.9. The molecule has 0 aliphatic carbocycles. The Labute approximate surface area is 113 Å². The van der Waals surface area contributed by atoms with Crippen LogP contribution in [-0.2, 0) is 4.79 Å². The van der Waals surface area contributed by atoms with Crippen LogP contribution in [0.2, 0.25) is 0 Å². The molecule has 0 saturated carbocycles. The summed E-state index contributed by atoms with van der Waals surface area (Å²) >= 11 is 0. The second-order valence-electron chi connectivity index (χ2n) is 4.73. The molecule has 104 valence electrons. The average Bonchev–Trinajstić information content (AvgIpc) is 2.42. The van der Waals surface area contributed by atoms with Crippen LogP contribution in [0.25, 0.3) is 0 Å². The summed E-state index contributed by atoms with van der Waals surface area (Å²) in [6, 6.07) is 5.41. The highest BCUT2D eigenvalue weighted by molar-refractivity contribution is 5.99. The van der Waals surface area contributed by atoms with Gasteiger partial charge >= 0.3 is 0 Å². The number of hydrogen-bond donors (Lipinski definition) is 2. The van der Waals surface area contributed by atoms with Gasteiger partial charge in [-0.05, 0) is 37.1 Å². The lowest BCUT2D eigenvalue weighted by atomic mass is 10.0. The fourth-order valence-electron chi connectivity index (χ4n) is 2.22. The molecule has 5 heteroatoms. The Morgan fingerprint density at radius 3 is 2.89 bits per heavy atom. The molecule has 19 heavy (non-hydrogen) atoms. The first-order chi connectivity index (χ1) is 9.08. The second-order valence-corrected chi connectivity index (χ2v) is 4.73. The van der Waals surface area contributed by atoms with Crippen molar-refractivity contribution in [3.8, 4) is 5.75 Å². The zero-order valence-corrected chi connectivity index (χ0v) is 11.3. The van der Waals surface area contributed by atoms with Crippen molar-refractivity contribution in [3.63, 3.8) is 0 Å². The smallest absolute Gasteiger partial charge is 0.267 e. The predicted molar refractivity (Wildman–Crippen MR) is 73.2 cm³/mol. The lowest BCUT2D eigenvalue weighted by Gasteiger charge is -2.32. The van der Waals surface area contributed by atoms with Crippen molar-refractivity contribution in [1.29, 1.82) is 0 Å². The van der Waals surface area contributed by atoms with E-state index in [4.69, 9.17) is 10.5 Å². The third kappa shape index (κ3) is 2.57. The molecule has 0 aromatic heterocycles. The molecule has 0 radical (unpaired) electrons. The molecule has 5 nitrogen and oxygen atoms in total. The summed E-state index contributed by atoms with van der Waals surface area (Å²) in [5.74, 6) is 0.623. The van der Waals surface area contributed by atoms with Crippen LogP contribution in [0.1, 0.15) is 31.4 Å². The molecule has 1 aliphatic heterocycles. The minimum Gasteiger partial charge on any atom is -0.478 e. The van der Waals surface area contributed by atoms with Gasteiger partial charge in [-0.25, -0.2) is 0 Å². The monoisotopic (exact) mass is 264 g/mol. The number of benzene rings is 1. The van der Waals surface area contributed by atoms with Crippen LogP contribution in [0.5, 0.6) is 5.75 Å². The van der Waals surface area contributed by atoms with Gasteiger partial charge in [0.1, 0.15) is 5.75 Å². The SMILES string of the molecule is CCC1Oc2ccc(C(O)CCN)cc2N(C)C1=O. The van der Waals surface area contributed by atoms with E-state index in [2.05, 4.69) is 0 Å². The van der Waals surface area contributed by atoms with Crippen molar-refractivity contribution >= 4 is 11.6 Å². The van der Waals surface area contributed by atoms with Crippen LogP contribution in [0.4, 0.5) is 5.69 Å². The quantitative estimate of drug-likeness (QED) is 0.857. The van der Waals surface area contributed by atoms with Gasteiger partial charge in [-0.3, -0.25) is 4.79 Å². The fraction of sp³-hybridized carbons (Fsp3) is 0.500. The predicted octanol–water partition coefficient (Wildman–Crippen LogP) is 1.20. The summed E-state index contributed by atoms with van der Waals surface area (Å²) in [6.07, 6.45) is 0.106. The van der Waals surface area contributed by atoms with E-state index in [-0.39, 0.29) is 5.91 Å². The molecule has 0 fully saturated rings. The van der Waals surface area contributed by atoms with Gasteiger partial charge in [0.15, 0.2) is 6.10 Å². The highest BCUT2D eigenvalue weighted by Gasteiger charge is 2.31. The Balaban J connectivity index is 2.33. The molecule has 2 rings (SSSR count). The average molecular weight is 264 g/mol. The van der Waals surface area contributed by atoms with Crippen LogP contribution in [-0.4, -0.2) is 30.7 Å². The van der Waals surface area contributed by atoms with E-state index in [1.165, 1.54) is 0 Å². The lowest BCUT2D eigenvalue weighted by Crippen LogP contribution is -2.43. The molecular formula is C14H20N2O3. The Morgan fingerprint density at radius 2 is 2.26 bits per heavy atom. The van der Waals surface area contributed by atoms with E-state index in [0.717, 1.165) is 5.56 Å². The van der Waals surface area contributed by atoms with Crippen molar-refractivity contribution < 1.29 is 14.6 Å². The van der Waals surface area contributed by atoms with Crippen molar-refractivity contribution in [2.45, 2.75) is 32.0 Å². The highest BCUT2D eigenvalue weighted by Crippen LogP contribution is 2.36. The number of rotatable bonds is 4. The first-order valence-corrected chi connectivity index (χ1v) is 6.54. The van der Waals surface area contributed by atoms with Gasteiger partial charge in [0.2, 0.25) is 0 Å². The number of nitrogens with zero attached hydrogens (tertiary/aromatic N) is 1. The molecule has 1 aliphatic rings. The van der Waals surface area contributed by atoms with Crippen LogP contribution < -0.4 is 15.4 Å². The molecule has 1 amide bonds. The summed E-state index contributed by atoms with van der Waals surface area (Å²) in [4.78, 5) is 13.6. The van der Waals surface area contributed by atoms with Crippen LogP contribution in [0, 0.1) is 0 Å². The fourth-order valence-corrected chi connectivity index (χ4v) is 2.22. The van der Waals surface area contributed by atoms with Crippen LogP contribution in [0.3, 0.4) is 0 Å². The van der Waals surface area contributed by atoms with Gasteiger partial charge in [-0.2, -0.15) is 0 Å². The number of amides is 1. The van der Waals surface area contributed by atoms with Crippen LogP contribution >= 0.6 is 0 Å². The highest BCUT2D eigenvalue weighted by atomic mass is 16.5. The van der Waals surface area contributed by atoms with Gasteiger partial charge in [0.05, 0.1) is 11.8 Å². The first kappa shape index (κ1) is 13.8. The van der Waals surface area contributed by atoms with Crippen molar-refractivity contribution in [2.75, 3.05) is 18.5 Å². The third-order valence-electron chi connectivity index (χ3n) is 3.42. The Bertz CT molecular complexity index is 476. The molecule has 1 aromatic rings. The molecule has 1 aromatic carbocycles. The summed E-state index contributed by atoms with van der Waals surface area (Å²) in [5, 5.41) is 9.95. The molecule has 0 saturated heterocycles. The zero-order valence-electron chi connectivity index (χ0n) is 11.3. The minimum atomic E-state index is -0.609. The summed E-state index contributed by atoms with van der Waals surface area (Å²) in [7, 11) is 1.73. The maximum absolute atomic E-state index is 12.0. The van der Waals surface area contributed by atoms with Gasteiger partial charge < -0.3 is 20.5 Å². The van der Waals surface area contributed by atoms with E-state index < -0.39 is 12.2 Å². The van der Waals surface area contributed by atoms with E-state index in [0.29, 0.717) is 30.8 Å². The zero-order chi connectivity index (χ0) is 14.0. The minimum absolute atomic E-state index is 0.0551. The maximum atomic E-state index is 12.0. The summed E-state index contributed by atoms with van der Waals surface area (Å²) in [6.45, 7) is 2.34. The molecule has 0 bridgehead atoms. The largest absolute Gasteiger partial charge is 0.478 e. The third-order valence-corrected chi connectivity index (χ3v) is 3.42. The molecule has 0 spiro atoms. The Morgan fingerprint density at radius 1 is 1.53 bits per heavy atom. The van der Waals surface area contributed by atoms with E-state index in [1.807, 2.05) is 13.0 Å². The summed E-state index contributed by atoms with van der Waals surface area (Å²) in [5.41, 5.74) is 6.89. The second kappa shape index (κ2) is 5.59. The molecular weight excluding hydrogens is 244 g/mol. The Kier molecular flexibility index (Phi) is 4.07. The molecule has 1 heterocycles. The van der Waals surface area contributed by atoms with Gasteiger partial charge in [-0.1, -0.05) is 13.0 Å². The van der Waals surface area contributed by atoms with Crippen molar-refractivity contribution in [2.24, 2.45) is 5.73 Å². The lowest BCUT2D eigenvalue weighted by molar-refractivity contribution is -0.126. The molecule has 2 atom stereocenters. The van der Waals surface area contributed by atoms with Gasteiger partial charge in [0, 0.05) is 7.05 Å². The standard InChI is InChI=1S/C14H20N2O3/c1-3-12-14(18)16(2)10-8-9(11(17)6-7-15)4-5-13(10)19-12/h4-5,8,11-12,17H,3,6-7,15H2,1-2H3. The number of hydrogen-bond acceptors (Lipinski definition) is 4. The van der Waals surface area contributed by atoms with E-state index in [1.54, 1.807) is 24.1 Å². The number of aliphatic hydroxyl groups is 1. The Hall–Kier alpha value is -1.59. The van der Waals surface area contributed by atoms with E-state index in [9.17, 15) is 9.90 Å². The number of aliphatic hydroxyl groups excluding tert-OH is 1. The molecule has 2 unspecified atom stereocenters. The van der Waals surface area contributed by atoms with Gasteiger partial charge in [-0.15, -0.1) is 0 Å². The topological polar surface area (TPSA) is 75.8 Å². The number of ether oxygens (including phenoxy) is 1. The number of carbonyl (C=O) groups is 1. The number of nitrogens with two attached hydrogens (primary N) is 1. The van der Waals surface area contributed by atoms with Crippen molar-refractivity contribution in [1.82, 2.24) is 0 Å². The number of likely N-dealkylation sites (N-methyl/N-ethyl adjacent to an activating group) is 1. The van der Waals surface area contributed by atoms with E-state index >= 15 is 0 Å². The number of carbonyl (C=O) groups excluding carboxylic acids is 1. The molecule has 3 N–H and O–H groups in total. The van der Waals surface area contributed by atoms with Crippen LogP contribution in [0.15, 0.2) is 18.2 Å². The summed E-state index contributed by atoms with van der Waals surface area (Å²) < 4.78 is 5.66. The van der Waals surface area contributed by atoms with Gasteiger partial charge in [0.25, 0.3) is 5.91 Å². The number of anilines is 1.